The van der Waals surface area contributed by atoms with Gasteiger partial charge in [0, 0.05) is 0 Å². The topological polar surface area (TPSA) is 81.4 Å². The number of carbonyl (C=O) groups is 2. The monoisotopic (exact) mass is 326 g/mol. The van der Waals surface area contributed by atoms with E-state index >= 15 is 0 Å². The smallest absolute Gasteiger partial charge is 0.261 e. The van der Waals surface area contributed by atoms with Gasteiger partial charge in [-0.2, -0.15) is 0 Å². The summed E-state index contributed by atoms with van der Waals surface area (Å²) in [6.07, 6.45) is -0.754. The number of ether oxygens (including phenoxy) is 1. The lowest BCUT2D eigenvalue weighted by molar-refractivity contribution is -0.131. The minimum atomic E-state index is -0.886. The summed E-state index contributed by atoms with van der Waals surface area (Å²) >= 11 is 0. The van der Waals surface area contributed by atoms with Gasteiger partial charge in [0.15, 0.2) is 6.10 Å². The summed E-state index contributed by atoms with van der Waals surface area (Å²) in [5, 5.41) is 2.65. The van der Waals surface area contributed by atoms with E-state index in [1.807, 2.05) is 38.1 Å². The summed E-state index contributed by atoms with van der Waals surface area (Å²) in [6, 6.07) is 13.7. The molecule has 0 saturated heterocycles. The fourth-order valence-corrected chi connectivity index (χ4v) is 2.32. The highest BCUT2D eigenvalue weighted by atomic mass is 16.5. The molecule has 2 aromatic rings. The normalized spacial score (nSPS) is 13.0. The van der Waals surface area contributed by atoms with Crippen molar-refractivity contribution >= 4 is 11.8 Å². The van der Waals surface area contributed by atoms with Crippen LogP contribution in [-0.4, -0.2) is 17.9 Å². The van der Waals surface area contributed by atoms with E-state index in [-0.39, 0.29) is 0 Å². The SMILES string of the molecule is Cc1cccc(OC(C)C(=O)NC(C(N)=O)c2ccccc2)c1C. The van der Waals surface area contributed by atoms with Gasteiger partial charge < -0.3 is 15.8 Å². The molecule has 0 radical (unpaired) electrons. The van der Waals surface area contributed by atoms with E-state index in [1.54, 1.807) is 31.2 Å². The number of aryl methyl sites for hydroxylation is 1. The average molecular weight is 326 g/mol. The van der Waals surface area contributed by atoms with Crippen LogP contribution in [0.15, 0.2) is 48.5 Å². The van der Waals surface area contributed by atoms with E-state index in [9.17, 15) is 9.59 Å². The molecule has 0 aliphatic rings. The van der Waals surface area contributed by atoms with Gasteiger partial charge in [0.1, 0.15) is 11.8 Å². The van der Waals surface area contributed by atoms with Crippen LogP contribution in [0.5, 0.6) is 5.75 Å². The Hall–Kier alpha value is -2.82. The van der Waals surface area contributed by atoms with Gasteiger partial charge in [-0.3, -0.25) is 9.59 Å². The van der Waals surface area contributed by atoms with Gasteiger partial charge >= 0.3 is 0 Å². The van der Waals surface area contributed by atoms with E-state index < -0.39 is 24.0 Å². The molecule has 24 heavy (non-hydrogen) atoms. The quantitative estimate of drug-likeness (QED) is 0.855. The Morgan fingerprint density at radius 3 is 2.33 bits per heavy atom. The molecular weight excluding hydrogens is 304 g/mol. The largest absolute Gasteiger partial charge is 0.481 e. The van der Waals surface area contributed by atoms with Crippen LogP contribution in [0, 0.1) is 13.8 Å². The highest BCUT2D eigenvalue weighted by molar-refractivity contribution is 5.89. The fraction of sp³-hybridized carbons (Fsp3) is 0.263. The molecule has 0 spiro atoms. The number of benzene rings is 2. The first kappa shape index (κ1) is 17.5. The van der Waals surface area contributed by atoms with Crippen LogP contribution < -0.4 is 15.8 Å². The van der Waals surface area contributed by atoms with Crippen molar-refractivity contribution in [3.63, 3.8) is 0 Å². The molecule has 5 heteroatoms. The van der Waals surface area contributed by atoms with Crippen molar-refractivity contribution in [1.29, 1.82) is 0 Å². The van der Waals surface area contributed by atoms with Crippen molar-refractivity contribution in [2.75, 3.05) is 0 Å². The van der Waals surface area contributed by atoms with Crippen molar-refractivity contribution in [3.05, 3.63) is 65.2 Å². The zero-order valence-electron chi connectivity index (χ0n) is 14.1. The second-order valence-corrected chi connectivity index (χ2v) is 5.71. The summed E-state index contributed by atoms with van der Waals surface area (Å²) in [4.78, 5) is 24.1. The van der Waals surface area contributed by atoms with E-state index in [1.165, 1.54) is 0 Å². The van der Waals surface area contributed by atoms with Crippen LogP contribution in [0.1, 0.15) is 29.7 Å². The summed E-state index contributed by atoms with van der Waals surface area (Å²) < 4.78 is 5.74. The van der Waals surface area contributed by atoms with Gasteiger partial charge in [0.05, 0.1) is 0 Å². The molecule has 5 nitrogen and oxygen atoms in total. The first-order chi connectivity index (χ1) is 11.4. The third-order valence-electron chi connectivity index (χ3n) is 3.93. The zero-order chi connectivity index (χ0) is 17.7. The second-order valence-electron chi connectivity index (χ2n) is 5.71. The first-order valence-corrected chi connectivity index (χ1v) is 7.77. The standard InChI is InChI=1S/C19H22N2O3/c1-12-8-7-11-16(13(12)2)24-14(3)19(23)21-17(18(20)22)15-9-5-4-6-10-15/h4-11,14,17H,1-3H3,(H2,20,22)(H,21,23). The molecule has 2 rings (SSSR count). The van der Waals surface area contributed by atoms with Gasteiger partial charge in [-0.25, -0.2) is 0 Å². The van der Waals surface area contributed by atoms with Gasteiger partial charge in [0.2, 0.25) is 5.91 Å². The van der Waals surface area contributed by atoms with E-state index in [0.29, 0.717) is 11.3 Å². The van der Waals surface area contributed by atoms with Gasteiger partial charge in [-0.1, -0.05) is 42.5 Å². The molecule has 0 aliphatic heterocycles. The molecule has 2 aromatic carbocycles. The molecule has 0 heterocycles. The maximum Gasteiger partial charge on any atom is 0.261 e. The van der Waals surface area contributed by atoms with Crippen molar-refractivity contribution in [2.45, 2.75) is 32.9 Å². The van der Waals surface area contributed by atoms with Crippen LogP contribution in [0.25, 0.3) is 0 Å². The summed E-state index contributed by atoms with van der Waals surface area (Å²) in [7, 11) is 0. The molecule has 2 atom stereocenters. The van der Waals surface area contributed by atoms with Crippen LogP contribution in [0.4, 0.5) is 0 Å². The highest BCUT2D eigenvalue weighted by Crippen LogP contribution is 2.22. The zero-order valence-corrected chi connectivity index (χ0v) is 14.1. The number of hydrogen-bond donors (Lipinski definition) is 2. The first-order valence-electron chi connectivity index (χ1n) is 7.77. The highest BCUT2D eigenvalue weighted by Gasteiger charge is 2.24. The Morgan fingerprint density at radius 2 is 1.71 bits per heavy atom. The Balaban J connectivity index is 2.09. The van der Waals surface area contributed by atoms with Gasteiger partial charge in [0.25, 0.3) is 5.91 Å². The Kier molecular flexibility index (Phi) is 5.58. The Bertz CT molecular complexity index is 729. The lowest BCUT2D eigenvalue weighted by Gasteiger charge is -2.20. The van der Waals surface area contributed by atoms with Gasteiger partial charge in [-0.05, 0) is 43.5 Å². The number of hydrogen-bond acceptors (Lipinski definition) is 3. The van der Waals surface area contributed by atoms with Crippen molar-refractivity contribution in [2.24, 2.45) is 5.73 Å². The van der Waals surface area contributed by atoms with Crippen molar-refractivity contribution in [1.82, 2.24) is 5.32 Å². The maximum absolute atomic E-state index is 12.4. The summed E-state index contributed by atoms with van der Waals surface area (Å²) in [5.41, 5.74) is 8.12. The number of primary amides is 1. The van der Waals surface area contributed by atoms with Gasteiger partial charge in [-0.15, -0.1) is 0 Å². The molecule has 126 valence electrons. The van der Waals surface area contributed by atoms with Crippen LogP contribution >= 0.6 is 0 Å². The van der Waals surface area contributed by atoms with E-state index in [2.05, 4.69) is 5.32 Å². The number of amides is 2. The molecular formula is C19H22N2O3. The summed E-state index contributed by atoms with van der Waals surface area (Å²) in [6.45, 7) is 5.55. The molecule has 2 amide bonds. The third-order valence-corrected chi connectivity index (χ3v) is 3.93. The van der Waals surface area contributed by atoms with E-state index in [4.69, 9.17) is 10.5 Å². The molecule has 0 bridgehead atoms. The predicted octanol–water partition coefficient (Wildman–Crippen LogP) is 2.41. The molecule has 3 N–H and O–H groups in total. The molecule has 0 aromatic heterocycles. The Labute approximate surface area is 141 Å². The minimum Gasteiger partial charge on any atom is -0.481 e. The van der Waals surface area contributed by atoms with E-state index in [0.717, 1.165) is 11.1 Å². The van der Waals surface area contributed by atoms with Crippen LogP contribution in [0.2, 0.25) is 0 Å². The second kappa shape index (κ2) is 7.64. The number of nitrogens with two attached hydrogens (primary N) is 1. The predicted molar refractivity (Wildman–Crippen MR) is 92.5 cm³/mol. The third kappa shape index (κ3) is 4.13. The average Bonchev–Trinajstić information content (AvgIpc) is 2.57. The molecule has 0 fully saturated rings. The molecule has 0 saturated carbocycles. The van der Waals surface area contributed by atoms with Crippen LogP contribution in [0.3, 0.4) is 0 Å². The minimum absolute atomic E-state index is 0.399. The Morgan fingerprint density at radius 1 is 1.04 bits per heavy atom. The number of carbonyl (C=O) groups excluding carboxylic acids is 2. The maximum atomic E-state index is 12.4. The number of rotatable bonds is 6. The van der Waals surface area contributed by atoms with Crippen molar-refractivity contribution in [3.8, 4) is 5.75 Å². The fourth-order valence-electron chi connectivity index (χ4n) is 2.32. The molecule has 0 aliphatic carbocycles. The number of nitrogens with one attached hydrogen (secondary N) is 1. The van der Waals surface area contributed by atoms with Crippen molar-refractivity contribution < 1.29 is 14.3 Å². The lowest BCUT2D eigenvalue weighted by Crippen LogP contribution is -2.43. The lowest BCUT2D eigenvalue weighted by atomic mass is 10.1. The molecule has 2 unspecified atom stereocenters. The summed E-state index contributed by atoms with van der Waals surface area (Å²) in [5.74, 6) is -0.370. The van der Waals surface area contributed by atoms with Crippen LogP contribution in [-0.2, 0) is 9.59 Å².